The Morgan fingerprint density at radius 1 is 1.02 bits per heavy atom. The number of halogens is 3. The monoisotopic (exact) mass is 584 g/mol. The number of para-hydroxylation sites is 1. The van der Waals surface area contributed by atoms with E-state index >= 15 is 0 Å². The van der Waals surface area contributed by atoms with E-state index in [1.807, 2.05) is 16.7 Å². The highest BCUT2D eigenvalue weighted by Crippen LogP contribution is 2.30. The molecular weight excluding hydrogens is 558 g/mol. The maximum absolute atomic E-state index is 14.2. The molecule has 0 radical (unpaired) electrons. The summed E-state index contributed by atoms with van der Waals surface area (Å²) in [4.78, 5) is 40.6. The fraction of sp³-hybridized carbons (Fsp3) is 0.276. The number of rotatable bonds is 7. The Morgan fingerprint density at radius 3 is 2.33 bits per heavy atom. The Kier molecular flexibility index (Phi) is 7.98. The van der Waals surface area contributed by atoms with Crippen molar-refractivity contribution in [3.05, 3.63) is 98.1 Å². The first-order valence-corrected chi connectivity index (χ1v) is 13.6. The molecule has 0 saturated carbocycles. The Balaban J connectivity index is 1.43. The number of carbonyl (C=O) groups excluding carboxylic acids is 1. The maximum atomic E-state index is 14.2. The van der Waals surface area contributed by atoms with Crippen molar-refractivity contribution in [1.82, 2.24) is 19.4 Å². The van der Waals surface area contributed by atoms with Crippen molar-refractivity contribution in [3.63, 3.8) is 0 Å². The highest BCUT2D eigenvalue weighted by Gasteiger charge is 2.27. The summed E-state index contributed by atoms with van der Waals surface area (Å²) in [5.74, 6) is -3.05. The highest BCUT2D eigenvalue weighted by molar-refractivity contribution is 6.35. The number of nitrogens with zero attached hydrogens (tertiary/aromatic N) is 3. The summed E-state index contributed by atoms with van der Waals surface area (Å²) in [7, 11) is 2.07. The van der Waals surface area contributed by atoms with E-state index in [-0.39, 0.29) is 23.2 Å². The number of carboxylic acids is 1. The lowest BCUT2D eigenvalue weighted by atomic mass is 10.0. The van der Waals surface area contributed by atoms with Crippen LogP contribution in [0.1, 0.15) is 34.8 Å². The predicted molar refractivity (Wildman–Crippen MR) is 152 cm³/mol. The molecule has 2 heterocycles. The normalized spacial score (nSPS) is 15.3. The summed E-state index contributed by atoms with van der Waals surface area (Å²) < 4.78 is 17.6. The summed E-state index contributed by atoms with van der Waals surface area (Å²) >= 11 is 12.5. The molecule has 3 aromatic carbocycles. The van der Waals surface area contributed by atoms with Crippen molar-refractivity contribution in [2.24, 2.45) is 0 Å². The Labute approximate surface area is 239 Å². The summed E-state index contributed by atoms with van der Waals surface area (Å²) in [6.45, 7) is 1.78. The third kappa shape index (κ3) is 5.37. The topological polar surface area (TPSA) is 96.6 Å². The molecule has 0 bridgehead atoms. The highest BCUT2D eigenvalue weighted by atomic mass is 35.5. The number of hydrogen-bond acceptors (Lipinski definition) is 4. The SMILES string of the molecule is CN1CCC(n2c(=O)n(-c3ccc(C[C@H](NC(=O)c4c(F)cccc4Cl)C(=O)O)cc3)c3c(Cl)cccc32)CC1. The van der Waals surface area contributed by atoms with Gasteiger partial charge in [-0.25, -0.2) is 14.0 Å². The van der Waals surface area contributed by atoms with E-state index in [0.29, 0.717) is 21.8 Å². The van der Waals surface area contributed by atoms with Crippen LogP contribution >= 0.6 is 23.2 Å². The number of carboxylic acid groups (broad SMARTS) is 1. The molecule has 1 aliphatic heterocycles. The number of hydrogen-bond donors (Lipinski definition) is 2. The zero-order chi connectivity index (χ0) is 28.6. The average Bonchev–Trinajstić information content (AvgIpc) is 3.22. The molecule has 1 amide bonds. The molecule has 0 aliphatic carbocycles. The van der Waals surface area contributed by atoms with Crippen molar-refractivity contribution in [2.75, 3.05) is 20.1 Å². The van der Waals surface area contributed by atoms with Crippen LogP contribution in [0.15, 0.2) is 65.5 Å². The lowest BCUT2D eigenvalue weighted by molar-refractivity contribution is -0.139. The summed E-state index contributed by atoms with van der Waals surface area (Å²) in [6, 6.07) is 14.8. The predicted octanol–water partition coefficient (Wildman–Crippen LogP) is 4.93. The molecule has 5 rings (SSSR count). The molecule has 0 spiro atoms. The number of piperidine rings is 1. The van der Waals surface area contributed by atoms with Gasteiger partial charge in [-0.3, -0.25) is 13.9 Å². The van der Waals surface area contributed by atoms with E-state index in [2.05, 4.69) is 17.3 Å². The molecule has 1 fully saturated rings. The molecule has 8 nitrogen and oxygen atoms in total. The molecule has 4 aromatic rings. The third-order valence-electron chi connectivity index (χ3n) is 7.33. The Bertz CT molecular complexity index is 1620. The number of benzene rings is 3. The third-order valence-corrected chi connectivity index (χ3v) is 7.95. The van der Waals surface area contributed by atoms with Crippen molar-refractivity contribution >= 4 is 46.1 Å². The lowest BCUT2D eigenvalue weighted by Gasteiger charge is -2.29. The number of carbonyl (C=O) groups is 2. The summed E-state index contributed by atoms with van der Waals surface area (Å²) in [5.41, 5.74) is 1.93. The van der Waals surface area contributed by atoms with Gasteiger partial charge in [-0.1, -0.05) is 47.5 Å². The largest absolute Gasteiger partial charge is 0.480 e. The van der Waals surface area contributed by atoms with Crippen molar-refractivity contribution in [2.45, 2.75) is 31.3 Å². The van der Waals surface area contributed by atoms with Gasteiger partial charge in [0.15, 0.2) is 0 Å². The van der Waals surface area contributed by atoms with Crippen LogP contribution in [-0.4, -0.2) is 57.2 Å². The molecule has 11 heteroatoms. The van der Waals surface area contributed by atoms with E-state index in [0.717, 1.165) is 37.5 Å². The minimum atomic E-state index is -1.34. The Morgan fingerprint density at radius 2 is 1.68 bits per heavy atom. The number of nitrogens with one attached hydrogen (secondary N) is 1. The van der Waals surface area contributed by atoms with Gasteiger partial charge in [0.05, 0.1) is 32.3 Å². The first-order chi connectivity index (χ1) is 19.2. The molecule has 2 N–H and O–H groups in total. The van der Waals surface area contributed by atoms with Gasteiger partial charge in [-0.15, -0.1) is 0 Å². The zero-order valence-corrected chi connectivity index (χ0v) is 23.1. The van der Waals surface area contributed by atoms with Crippen LogP contribution in [0.25, 0.3) is 16.7 Å². The second-order valence-corrected chi connectivity index (χ2v) is 10.8. The molecule has 0 unspecified atom stereocenters. The van der Waals surface area contributed by atoms with Gasteiger partial charge < -0.3 is 15.3 Å². The van der Waals surface area contributed by atoms with Gasteiger partial charge in [-0.2, -0.15) is 0 Å². The van der Waals surface area contributed by atoms with Crippen LogP contribution < -0.4 is 11.0 Å². The van der Waals surface area contributed by atoms with E-state index in [9.17, 15) is 23.9 Å². The fourth-order valence-corrected chi connectivity index (χ4v) is 5.74. The number of fused-ring (bicyclic) bond motifs is 1. The molecule has 40 heavy (non-hydrogen) atoms. The lowest BCUT2D eigenvalue weighted by Crippen LogP contribution is -2.42. The second kappa shape index (κ2) is 11.4. The zero-order valence-electron chi connectivity index (χ0n) is 21.6. The second-order valence-electron chi connectivity index (χ2n) is 9.96. The van der Waals surface area contributed by atoms with Gasteiger partial charge in [0.2, 0.25) is 0 Å². The summed E-state index contributed by atoms with van der Waals surface area (Å²) in [6.07, 6.45) is 1.63. The molecular formula is C29H27Cl2FN4O4. The van der Waals surface area contributed by atoms with E-state index in [4.69, 9.17) is 23.2 Å². The van der Waals surface area contributed by atoms with Crippen LogP contribution in [0.2, 0.25) is 10.0 Å². The van der Waals surface area contributed by atoms with E-state index in [1.54, 1.807) is 34.9 Å². The molecule has 1 saturated heterocycles. The van der Waals surface area contributed by atoms with Gasteiger partial charge in [0.25, 0.3) is 5.91 Å². The first kappa shape index (κ1) is 27.9. The van der Waals surface area contributed by atoms with E-state index in [1.165, 1.54) is 12.1 Å². The fourth-order valence-electron chi connectivity index (χ4n) is 5.23. The van der Waals surface area contributed by atoms with Crippen LogP contribution in [-0.2, 0) is 11.2 Å². The average molecular weight is 585 g/mol. The number of aromatic nitrogens is 2. The number of likely N-dealkylation sites (tertiary alicyclic amines) is 1. The molecule has 1 aliphatic rings. The van der Waals surface area contributed by atoms with Crippen LogP contribution in [0.5, 0.6) is 0 Å². The standard InChI is InChI=1S/C29H27Cl2FN4O4/c1-34-14-12-19(13-15-34)35-24-7-3-5-21(31)26(24)36(29(35)40)18-10-8-17(9-11-18)16-23(28(38)39)33-27(37)25-20(30)4-2-6-22(25)32/h2-11,19,23H,12-16H2,1H3,(H,33,37)(H,38,39)/t23-/m0/s1. The molecule has 208 valence electrons. The first-order valence-electron chi connectivity index (χ1n) is 12.8. The quantitative estimate of drug-likeness (QED) is 0.321. The van der Waals surface area contributed by atoms with Crippen LogP contribution in [0.4, 0.5) is 4.39 Å². The van der Waals surface area contributed by atoms with E-state index < -0.39 is 29.3 Å². The number of imidazole rings is 1. The van der Waals surface area contributed by atoms with Crippen molar-refractivity contribution < 1.29 is 19.1 Å². The van der Waals surface area contributed by atoms with Crippen molar-refractivity contribution in [3.8, 4) is 5.69 Å². The minimum absolute atomic E-state index is 0.0491. The van der Waals surface area contributed by atoms with Gasteiger partial charge in [0, 0.05) is 12.5 Å². The summed E-state index contributed by atoms with van der Waals surface area (Å²) in [5, 5.41) is 12.4. The molecule has 1 aromatic heterocycles. The van der Waals surface area contributed by atoms with Gasteiger partial charge in [0.1, 0.15) is 11.9 Å². The van der Waals surface area contributed by atoms with Gasteiger partial charge >= 0.3 is 11.7 Å². The van der Waals surface area contributed by atoms with Gasteiger partial charge in [-0.05, 0) is 74.9 Å². The smallest absolute Gasteiger partial charge is 0.334 e. The maximum Gasteiger partial charge on any atom is 0.334 e. The molecule has 1 atom stereocenters. The minimum Gasteiger partial charge on any atom is -0.480 e. The number of aliphatic carboxylic acids is 1. The van der Waals surface area contributed by atoms with Crippen molar-refractivity contribution in [1.29, 1.82) is 0 Å². The number of amides is 1. The van der Waals surface area contributed by atoms with Crippen LogP contribution in [0, 0.1) is 5.82 Å². The Hall–Kier alpha value is -3.66. The van der Waals surface area contributed by atoms with Crippen LogP contribution in [0.3, 0.4) is 0 Å².